The molecule has 9 heteroatoms. The molecule has 0 saturated carbocycles. The number of hydrogen-bond acceptors (Lipinski definition) is 5. The molecule has 0 atom stereocenters. The highest BCUT2D eigenvalue weighted by Crippen LogP contribution is 2.36. The summed E-state index contributed by atoms with van der Waals surface area (Å²) in [6, 6.07) is 9.55. The fraction of sp³-hybridized carbons (Fsp3) is 0.357. The number of carbonyl (C=O) groups excluding carboxylic acids is 1. The molecule has 0 aliphatic carbocycles. The molecule has 194 valence electrons. The predicted molar refractivity (Wildman–Crippen MR) is 136 cm³/mol. The molecule has 1 saturated heterocycles. The van der Waals surface area contributed by atoms with Crippen LogP contribution in [-0.2, 0) is 6.42 Å². The van der Waals surface area contributed by atoms with E-state index in [2.05, 4.69) is 29.0 Å². The van der Waals surface area contributed by atoms with Crippen LogP contribution in [-0.4, -0.2) is 47.6 Å². The van der Waals surface area contributed by atoms with Crippen molar-refractivity contribution >= 4 is 11.7 Å². The molecule has 5 rings (SSSR count). The molecule has 0 spiro atoms. The third-order valence-electron chi connectivity index (χ3n) is 7.18. The van der Waals surface area contributed by atoms with Crippen LogP contribution in [0.2, 0.25) is 0 Å². The average molecular weight is 511 g/mol. The summed E-state index contributed by atoms with van der Waals surface area (Å²) in [5.74, 6) is -3.83. The van der Waals surface area contributed by atoms with Crippen molar-refractivity contribution < 1.29 is 22.7 Å². The Kier molecular flexibility index (Phi) is 6.81. The number of nitrogens with two attached hydrogens (primary N) is 1. The summed E-state index contributed by atoms with van der Waals surface area (Å²) < 4.78 is 50.9. The number of hydrogen-bond donors (Lipinski definition) is 2. The first kappa shape index (κ1) is 25.1. The van der Waals surface area contributed by atoms with Crippen LogP contribution in [0.5, 0.6) is 5.75 Å². The van der Waals surface area contributed by atoms with E-state index in [-0.39, 0.29) is 34.7 Å². The first-order valence-corrected chi connectivity index (χ1v) is 12.5. The molecular weight excluding hydrogens is 481 g/mol. The molecule has 3 N–H and O–H groups in total. The largest absolute Gasteiger partial charge is 0.487 e. The zero-order chi connectivity index (χ0) is 26.3. The van der Waals surface area contributed by atoms with E-state index in [0.29, 0.717) is 48.5 Å². The number of ether oxygens (including phenoxy) is 1. The summed E-state index contributed by atoms with van der Waals surface area (Å²) >= 11 is 0. The third kappa shape index (κ3) is 4.87. The number of anilines is 1. The van der Waals surface area contributed by atoms with Gasteiger partial charge in [-0.15, -0.1) is 0 Å². The molecule has 2 aliphatic rings. The number of piperidine rings is 1. The highest BCUT2D eigenvalue weighted by molar-refractivity contribution is 5.97. The van der Waals surface area contributed by atoms with Crippen LogP contribution in [0.1, 0.15) is 42.6 Å². The van der Waals surface area contributed by atoms with Gasteiger partial charge in [-0.1, -0.05) is 12.1 Å². The number of nitrogen functional groups attached to an aromatic ring is 1. The number of amides is 1. The van der Waals surface area contributed by atoms with Crippen molar-refractivity contribution in [2.45, 2.75) is 45.3 Å². The zero-order valence-corrected chi connectivity index (χ0v) is 20.8. The lowest BCUT2D eigenvalue weighted by molar-refractivity contribution is 0.0810. The Morgan fingerprint density at radius 2 is 1.73 bits per heavy atom. The second-order valence-electron chi connectivity index (χ2n) is 9.82. The standard InChI is InChI=1S/C28H29F3N4O2/c1-15(2)35-11-8-18(9-12-35)37-23-6-5-20(24(29)25(23)30)22-14-21(27(32)34-26(22)31)16-3-4-19-17(13-16)7-10-33-28(19)36/h3-6,13-15,18H,7-12H2,1-2H3,(H2,32,34)(H,33,36). The maximum atomic E-state index is 15.2. The minimum atomic E-state index is -1.21. The second kappa shape index (κ2) is 10.0. The van der Waals surface area contributed by atoms with E-state index >= 15 is 8.78 Å². The van der Waals surface area contributed by atoms with E-state index in [0.717, 1.165) is 18.7 Å². The van der Waals surface area contributed by atoms with Gasteiger partial charge in [0.15, 0.2) is 11.6 Å². The van der Waals surface area contributed by atoms with Crippen LogP contribution in [0.4, 0.5) is 19.0 Å². The van der Waals surface area contributed by atoms with E-state index in [1.807, 2.05) is 0 Å². The SMILES string of the molecule is CC(C)N1CCC(Oc2ccc(-c3cc(-c4ccc5c(c4)CCNC5=O)c(N)nc3F)c(F)c2F)CC1. The lowest BCUT2D eigenvalue weighted by atomic mass is 9.94. The van der Waals surface area contributed by atoms with Gasteiger partial charge < -0.3 is 20.7 Å². The fourth-order valence-corrected chi connectivity index (χ4v) is 5.04. The highest BCUT2D eigenvalue weighted by Gasteiger charge is 2.26. The molecule has 3 aromatic rings. The van der Waals surface area contributed by atoms with Gasteiger partial charge in [0.1, 0.15) is 11.9 Å². The molecule has 1 fully saturated rings. The molecule has 1 amide bonds. The van der Waals surface area contributed by atoms with Crippen molar-refractivity contribution in [2.75, 3.05) is 25.4 Å². The van der Waals surface area contributed by atoms with E-state index in [1.54, 1.807) is 18.2 Å². The number of fused-ring (bicyclic) bond motifs is 1. The molecular formula is C28H29F3N4O2. The number of pyridine rings is 1. The summed E-state index contributed by atoms with van der Waals surface area (Å²) in [5.41, 5.74) is 7.87. The van der Waals surface area contributed by atoms with Crippen molar-refractivity contribution in [3.63, 3.8) is 0 Å². The Morgan fingerprint density at radius 1 is 1.00 bits per heavy atom. The first-order chi connectivity index (χ1) is 17.7. The first-order valence-electron chi connectivity index (χ1n) is 12.5. The number of carbonyl (C=O) groups is 1. The van der Waals surface area contributed by atoms with Crippen LogP contribution in [0, 0.1) is 17.6 Å². The predicted octanol–water partition coefficient (Wildman–Crippen LogP) is 4.95. The Labute approximate surface area is 213 Å². The molecule has 2 aromatic carbocycles. The van der Waals surface area contributed by atoms with Crippen LogP contribution in [0.15, 0.2) is 36.4 Å². The Bertz CT molecular complexity index is 1350. The molecule has 37 heavy (non-hydrogen) atoms. The quantitative estimate of drug-likeness (QED) is 0.475. The van der Waals surface area contributed by atoms with Gasteiger partial charge in [-0.3, -0.25) is 4.79 Å². The zero-order valence-electron chi connectivity index (χ0n) is 20.8. The molecule has 0 unspecified atom stereocenters. The molecule has 0 bridgehead atoms. The summed E-state index contributed by atoms with van der Waals surface area (Å²) in [5, 5.41) is 2.78. The number of nitrogens with zero attached hydrogens (tertiary/aromatic N) is 2. The van der Waals surface area contributed by atoms with E-state index < -0.39 is 17.6 Å². The minimum absolute atomic E-state index is 0.0879. The normalized spacial score (nSPS) is 16.5. The van der Waals surface area contributed by atoms with Crippen molar-refractivity contribution in [1.82, 2.24) is 15.2 Å². The molecule has 1 aromatic heterocycles. The molecule has 3 heterocycles. The van der Waals surface area contributed by atoms with Crippen LogP contribution >= 0.6 is 0 Å². The lowest BCUT2D eigenvalue weighted by Crippen LogP contribution is -2.41. The monoisotopic (exact) mass is 510 g/mol. The van der Waals surface area contributed by atoms with Gasteiger partial charge in [0.25, 0.3) is 5.91 Å². The van der Waals surface area contributed by atoms with Gasteiger partial charge in [-0.05, 0) is 68.5 Å². The number of rotatable bonds is 5. The number of halogens is 3. The number of nitrogens with one attached hydrogen (secondary N) is 1. The number of benzene rings is 2. The van der Waals surface area contributed by atoms with Gasteiger partial charge in [-0.2, -0.15) is 8.78 Å². The van der Waals surface area contributed by atoms with E-state index in [4.69, 9.17) is 10.5 Å². The van der Waals surface area contributed by atoms with Gasteiger partial charge in [0.2, 0.25) is 11.8 Å². The average Bonchev–Trinajstić information content (AvgIpc) is 2.88. The summed E-state index contributed by atoms with van der Waals surface area (Å²) in [6.45, 7) is 6.39. The Hall–Kier alpha value is -3.59. The van der Waals surface area contributed by atoms with Gasteiger partial charge in [0.05, 0.1) is 0 Å². The number of aromatic nitrogens is 1. The summed E-state index contributed by atoms with van der Waals surface area (Å²) in [4.78, 5) is 18.1. The topological polar surface area (TPSA) is 80.5 Å². The van der Waals surface area contributed by atoms with Crippen LogP contribution < -0.4 is 15.8 Å². The van der Waals surface area contributed by atoms with E-state index in [1.165, 1.54) is 18.2 Å². The number of likely N-dealkylation sites (tertiary alicyclic amines) is 1. The second-order valence-corrected chi connectivity index (χ2v) is 9.82. The highest BCUT2D eigenvalue weighted by atomic mass is 19.2. The molecule has 2 aliphatic heterocycles. The van der Waals surface area contributed by atoms with Crippen LogP contribution in [0.3, 0.4) is 0 Å². The fourth-order valence-electron chi connectivity index (χ4n) is 5.04. The smallest absolute Gasteiger partial charge is 0.251 e. The van der Waals surface area contributed by atoms with Gasteiger partial charge in [-0.25, -0.2) is 9.37 Å². The van der Waals surface area contributed by atoms with Crippen molar-refractivity contribution in [1.29, 1.82) is 0 Å². The summed E-state index contributed by atoms with van der Waals surface area (Å²) in [7, 11) is 0. The van der Waals surface area contributed by atoms with Crippen molar-refractivity contribution in [3.05, 3.63) is 65.1 Å². The maximum absolute atomic E-state index is 15.2. The van der Waals surface area contributed by atoms with Gasteiger partial charge in [0, 0.05) is 47.9 Å². The van der Waals surface area contributed by atoms with E-state index in [9.17, 15) is 9.18 Å². The maximum Gasteiger partial charge on any atom is 0.251 e. The molecule has 0 radical (unpaired) electrons. The molecule has 6 nitrogen and oxygen atoms in total. The lowest BCUT2D eigenvalue weighted by Gasteiger charge is -2.34. The minimum Gasteiger partial charge on any atom is -0.487 e. The Balaban J connectivity index is 1.44. The summed E-state index contributed by atoms with van der Waals surface area (Å²) in [6.07, 6.45) is 1.84. The third-order valence-corrected chi connectivity index (χ3v) is 7.18. The Morgan fingerprint density at radius 3 is 2.46 bits per heavy atom. The van der Waals surface area contributed by atoms with Gasteiger partial charge >= 0.3 is 0 Å². The van der Waals surface area contributed by atoms with Crippen molar-refractivity contribution in [2.24, 2.45) is 0 Å². The van der Waals surface area contributed by atoms with Crippen molar-refractivity contribution in [3.8, 4) is 28.0 Å². The van der Waals surface area contributed by atoms with Crippen LogP contribution in [0.25, 0.3) is 22.3 Å².